The Morgan fingerprint density at radius 2 is 1.80 bits per heavy atom. The number of hydrogen-bond acceptors (Lipinski definition) is 5. The van der Waals surface area contributed by atoms with Crippen molar-refractivity contribution in [1.82, 2.24) is 14.8 Å². The van der Waals surface area contributed by atoms with E-state index in [0.29, 0.717) is 23.8 Å². The number of aryl methyl sites for hydroxylation is 2. The summed E-state index contributed by atoms with van der Waals surface area (Å²) in [5, 5.41) is 3.36. The first-order chi connectivity index (χ1) is 11.9. The van der Waals surface area contributed by atoms with E-state index in [9.17, 15) is 9.59 Å². The van der Waals surface area contributed by atoms with Crippen LogP contribution in [0.3, 0.4) is 0 Å². The molecule has 25 heavy (non-hydrogen) atoms. The van der Waals surface area contributed by atoms with Gasteiger partial charge < -0.3 is 15.1 Å². The first-order valence-corrected chi connectivity index (χ1v) is 8.91. The lowest BCUT2D eigenvalue weighted by Gasteiger charge is -2.23. The van der Waals surface area contributed by atoms with E-state index in [4.69, 9.17) is 0 Å². The van der Waals surface area contributed by atoms with Crippen LogP contribution in [0.2, 0.25) is 0 Å². The zero-order valence-corrected chi connectivity index (χ0v) is 15.9. The van der Waals surface area contributed by atoms with Crippen molar-refractivity contribution in [2.45, 2.75) is 13.8 Å². The summed E-state index contributed by atoms with van der Waals surface area (Å²) in [6, 6.07) is 9.02. The number of thiazole rings is 1. The zero-order valence-electron chi connectivity index (χ0n) is 15.1. The standard InChI is InChI=1S/C18H24N4O2S/c1-13-14(2)25-18(19-13)20-16(23)12-22(11-10-21(3)4)17(24)15-8-6-5-7-9-15/h5-9H,10-12H2,1-4H3,(H,19,20,23). The molecule has 0 spiro atoms. The van der Waals surface area contributed by atoms with E-state index < -0.39 is 0 Å². The lowest BCUT2D eigenvalue weighted by atomic mass is 10.2. The van der Waals surface area contributed by atoms with Crippen molar-refractivity contribution in [3.05, 3.63) is 46.5 Å². The number of likely N-dealkylation sites (N-methyl/N-ethyl adjacent to an activating group) is 1. The Kier molecular flexibility index (Phi) is 6.66. The summed E-state index contributed by atoms with van der Waals surface area (Å²) in [4.78, 5) is 34.0. The topological polar surface area (TPSA) is 65.5 Å². The number of rotatable bonds is 7. The smallest absolute Gasteiger partial charge is 0.254 e. The highest BCUT2D eigenvalue weighted by Gasteiger charge is 2.19. The van der Waals surface area contributed by atoms with Crippen LogP contribution >= 0.6 is 11.3 Å². The normalized spacial score (nSPS) is 10.8. The predicted molar refractivity (Wildman–Crippen MR) is 101 cm³/mol. The third kappa shape index (κ3) is 5.65. The van der Waals surface area contributed by atoms with Crippen molar-refractivity contribution < 1.29 is 9.59 Å². The Morgan fingerprint density at radius 1 is 1.12 bits per heavy atom. The summed E-state index contributed by atoms with van der Waals surface area (Å²) in [5.74, 6) is -0.388. The molecule has 0 aliphatic carbocycles. The van der Waals surface area contributed by atoms with Crippen molar-refractivity contribution in [3.8, 4) is 0 Å². The molecular formula is C18H24N4O2S. The van der Waals surface area contributed by atoms with Crippen molar-refractivity contribution in [2.75, 3.05) is 39.0 Å². The zero-order chi connectivity index (χ0) is 18.4. The summed E-state index contributed by atoms with van der Waals surface area (Å²) in [7, 11) is 3.87. The minimum absolute atomic E-state index is 0.000751. The number of carbonyl (C=O) groups excluding carboxylic acids is 2. The number of carbonyl (C=O) groups is 2. The van der Waals surface area contributed by atoms with Gasteiger partial charge in [-0.15, -0.1) is 11.3 Å². The maximum atomic E-state index is 12.7. The minimum atomic E-state index is -0.239. The molecule has 0 bridgehead atoms. The molecule has 7 heteroatoms. The molecular weight excluding hydrogens is 336 g/mol. The van der Waals surface area contributed by atoms with Crippen LogP contribution in [0.25, 0.3) is 0 Å². The second-order valence-corrected chi connectivity index (χ2v) is 7.31. The fourth-order valence-electron chi connectivity index (χ4n) is 2.19. The molecule has 2 rings (SSSR count). The molecule has 2 amide bonds. The van der Waals surface area contributed by atoms with Crippen molar-refractivity contribution in [3.63, 3.8) is 0 Å². The third-order valence-electron chi connectivity index (χ3n) is 3.73. The van der Waals surface area contributed by atoms with Gasteiger partial charge in [-0.3, -0.25) is 9.59 Å². The van der Waals surface area contributed by atoms with E-state index in [1.165, 1.54) is 11.3 Å². The Hall–Kier alpha value is -2.25. The highest BCUT2D eigenvalue weighted by Crippen LogP contribution is 2.21. The largest absolute Gasteiger partial charge is 0.328 e. The van der Waals surface area contributed by atoms with E-state index in [2.05, 4.69) is 10.3 Å². The van der Waals surface area contributed by atoms with Crippen LogP contribution in [0.15, 0.2) is 30.3 Å². The van der Waals surface area contributed by atoms with E-state index >= 15 is 0 Å². The molecule has 1 aromatic carbocycles. The number of aromatic nitrogens is 1. The Labute approximate surface area is 152 Å². The first kappa shape index (κ1) is 19.1. The molecule has 0 radical (unpaired) electrons. The van der Waals surface area contributed by atoms with E-state index in [-0.39, 0.29) is 18.4 Å². The van der Waals surface area contributed by atoms with Gasteiger partial charge in [-0.1, -0.05) is 18.2 Å². The summed E-state index contributed by atoms with van der Waals surface area (Å²) < 4.78 is 0. The van der Waals surface area contributed by atoms with Crippen LogP contribution in [0, 0.1) is 13.8 Å². The van der Waals surface area contributed by atoms with Gasteiger partial charge in [0, 0.05) is 23.5 Å². The Morgan fingerprint density at radius 3 is 2.36 bits per heavy atom. The van der Waals surface area contributed by atoms with Crippen molar-refractivity contribution in [2.24, 2.45) is 0 Å². The van der Waals surface area contributed by atoms with Crippen LogP contribution in [-0.2, 0) is 4.79 Å². The molecule has 1 N–H and O–H groups in total. The predicted octanol–water partition coefficient (Wildman–Crippen LogP) is 2.40. The van der Waals surface area contributed by atoms with Gasteiger partial charge in [0.1, 0.15) is 6.54 Å². The van der Waals surface area contributed by atoms with E-state index in [0.717, 1.165) is 10.6 Å². The van der Waals surface area contributed by atoms with Gasteiger partial charge in [0.05, 0.1) is 5.69 Å². The molecule has 0 aliphatic rings. The molecule has 1 aromatic heterocycles. The van der Waals surface area contributed by atoms with Crippen LogP contribution in [0.5, 0.6) is 0 Å². The Balaban J connectivity index is 2.06. The molecule has 2 aromatic rings. The van der Waals surface area contributed by atoms with Crippen LogP contribution < -0.4 is 5.32 Å². The lowest BCUT2D eigenvalue weighted by Crippen LogP contribution is -2.41. The highest BCUT2D eigenvalue weighted by molar-refractivity contribution is 7.15. The second kappa shape index (κ2) is 8.73. The lowest BCUT2D eigenvalue weighted by molar-refractivity contribution is -0.116. The van der Waals surface area contributed by atoms with Crippen LogP contribution in [-0.4, -0.2) is 60.3 Å². The summed E-state index contributed by atoms with van der Waals surface area (Å²) in [5.41, 5.74) is 1.49. The summed E-state index contributed by atoms with van der Waals surface area (Å²) in [6.45, 7) is 5.03. The molecule has 0 unspecified atom stereocenters. The SMILES string of the molecule is Cc1nc(NC(=O)CN(CCN(C)C)C(=O)c2ccccc2)sc1C. The molecule has 1 heterocycles. The average molecular weight is 360 g/mol. The minimum Gasteiger partial charge on any atom is -0.328 e. The Bertz CT molecular complexity index is 708. The van der Waals surface area contributed by atoms with Gasteiger partial charge in [0.2, 0.25) is 5.91 Å². The fourth-order valence-corrected chi connectivity index (χ4v) is 3.03. The maximum absolute atomic E-state index is 12.7. The van der Waals surface area contributed by atoms with Crippen molar-refractivity contribution >= 4 is 28.3 Å². The van der Waals surface area contributed by atoms with Gasteiger partial charge in [0.25, 0.3) is 5.91 Å². The first-order valence-electron chi connectivity index (χ1n) is 8.09. The van der Waals surface area contributed by atoms with Gasteiger partial charge in [-0.25, -0.2) is 4.98 Å². The van der Waals surface area contributed by atoms with Gasteiger partial charge in [-0.05, 0) is 40.1 Å². The van der Waals surface area contributed by atoms with Crippen molar-refractivity contribution in [1.29, 1.82) is 0 Å². The number of nitrogens with zero attached hydrogens (tertiary/aromatic N) is 3. The number of nitrogens with one attached hydrogen (secondary N) is 1. The molecule has 0 atom stereocenters. The number of benzene rings is 1. The molecule has 0 fully saturated rings. The van der Waals surface area contributed by atoms with E-state index in [1.807, 2.05) is 51.0 Å². The van der Waals surface area contributed by atoms with Gasteiger partial charge >= 0.3 is 0 Å². The molecule has 6 nitrogen and oxygen atoms in total. The van der Waals surface area contributed by atoms with Gasteiger partial charge in [-0.2, -0.15) is 0 Å². The van der Waals surface area contributed by atoms with Gasteiger partial charge in [0.15, 0.2) is 5.13 Å². The number of anilines is 1. The highest BCUT2D eigenvalue weighted by atomic mass is 32.1. The maximum Gasteiger partial charge on any atom is 0.254 e. The van der Waals surface area contributed by atoms with E-state index in [1.54, 1.807) is 17.0 Å². The molecule has 0 aliphatic heterocycles. The molecule has 0 saturated heterocycles. The molecule has 0 saturated carbocycles. The van der Waals surface area contributed by atoms with Crippen LogP contribution in [0.1, 0.15) is 20.9 Å². The number of hydrogen-bond donors (Lipinski definition) is 1. The number of amides is 2. The molecule has 134 valence electrons. The summed E-state index contributed by atoms with van der Waals surface area (Å²) in [6.07, 6.45) is 0. The fraction of sp³-hybridized carbons (Fsp3) is 0.389. The second-order valence-electron chi connectivity index (χ2n) is 6.10. The quantitative estimate of drug-likeness (QED) is 0.823. The van der Waals surface area contributed by atoms with Crippen LogP contribution in [0.4, 0.5) is 5.13 Å². The summed E-state index contributed by atoms with van der Waals surface area (Å²) >= 11 is 1.44. The average Bonchev–Trinajstić information content (AvgIpc) is 2.89. The monoisotopic (exact) mass is 360 g/mol. The third-order valence-corrected chi connectivity index (χ3v) is 4.72.